The molecule has 0 radical (unpaired) electrons. The van der Waals surface area contributed by atoms with Gasteiger partial charge in [-0.2, -0.15) is 4.98 Å². The van der Waals surface area contributed by atoms with Crippen LogP contribution in [0.5, 0.6) is 0 Å². The van der Waals surface area contributed by atoms with Crippen LogP contribution in [0.1, 0.15) is 11.5 Å². The van der Waals surface area contributed by atoms with Crippen LogP contribution in [0.2, 0.25) is 5.02 Å². The van der Waals surface area contributed by atoms with E-state index in [1.54, 1.807) is 0 Å². The Kier molecular flexibility index (Phi) is 5.30. The highest BCUT2D eigenvalue weighted by molar-refractivity contribution is 6.30. The summed E-state index contributed by atoms with van der Waals surface area (Å²) in [4.78, 5) is 21.1. The van der Waals surface area contributed by atoms with Crippen molar-refractivity contribution in [2.75, 3.05) is 31.1 Å². The van der Waals surface area contributed by atoms with E-state index in [0.717, 1.165) is 34.9 Å². The fourth-order valence-corrected chi connectivity index (χ4v) is 3.57. The van der Waals surface area contributed by atoms with Crippen molar-refractivity contribution in [3.05, 3.63) is 65.0 Å². The summed E-state index contributed by atoms with van der Waals surface area (Å²) < 4.78 is 5.31. The maximum atomic E-state index is 12.6. The van der Waals surface area contributed by atoms with Crippen LogP contribution in [0.4, 0.5) is 5.69 Å². The zero-order chi connectivity index (χ0) is 19.5. The molecule has 2 aromatic carbocycles. The molecule has 1 fully saturated rings. The van der Waals surface area contributed by atoms with Gasteiger partial charge in [0.25, 0.3) is 0 Å². The van der Waals surface area contributed by atoms with E-state index in [1.807, 2.05) is 60.4 Å². The third-order valence-corrected chi connectivity index (χ3v) is 5.20. The standard InChI is InChI=1S/C21H21ClN4O2/c1-15-5-2-3-8-18(15)21-23-19(28-24-21)14-20(27)26-11-9-25(10-12-26)17-7-4-6-16(22)13-17/h2-8,13H,9-12,14H2,1H3. The smallest absolute Gasteiger partial charge is 0.236 e. The second-order valence-electron chi connectivity index (χ2n) is 6.85. The van der Waals surface area contributed by atoms with Gasteiger partial charge in [0, 0.05) is 42.5 Å². The Balaban J connectivity index is 1.36. The molecule has 0 unspecified atom stereocenters. The van der Waals surface area contributed by atoms with Crippen molar-refractivity contribution in [1.82, 2.24) is 15.0 Å². The number of nitrogens with zero attached hydrogens (tertiary/aromatic N) is 4. The summed E-state index contributed by atoms with van der Waals surface area (Å²) >= 11 is 6.07. The SMILES string of the molecule is Cc1ccccc1-c1noc(CC(=O)N2CCN(c3cccc(Cl)c3)CC2)n1. The van der Waals surface area contributed by atoms with Crippen LogP contribution in [0.25, 0.3) is 11.4 Å². The summed E-state index contributed by atoms with van der Waals surface area (Å²) in [5.74, 6) is 0.873. The third kappa shape index (κ3) is 4.02. The fraction of sp³-hybridized carbons (Fsp3) is 0.286. The molecule has 28 heavy (non-hydrogen) atoms. The van der Waals surface area contributed by atoms with Gasteiger partial charge in [-0.15, -0.1) is 0 Å². The highest BCUT2D eigenvalue weighted by Gasteiger charge is 2.23. The Morgan fingerprint density at radius 2 is 1.89 bits per heavy atom. The van der Waals surface area contributed by atoms with E-state index in [2.05, 4.69) is 15.0 Å². The predicted molar refractivity (Wildman–Crippen MR) is 108 cm³/mol. The number of aromatic nitrogens is 2. The number of rotatable bonds is 4. The van der Waals surface area contributed by atoms with Gasteiger partial charge >= 0.3 is 0 Å². The number of aryl methyl sites for hydroxylation is 1. The predicted octanol–water partition coefficient (Wildman–Crippen LogP) is 3.59. The number of piperazine rings is 1. The van der Waals surface area contributed by atoms with Crippen molar-refractivity contribution >= 4 is 23.2 Å². The molecule has 0 spiro atoms. The summed E-state index contributed by atoms with van der Waals surface area (Å²) in [6, 6.07) is 15.6. The molecule has 1 saturated heterocycles. The maximum absolute atomic E-state index is 12.6. The molecule has 4 rings (SSSR count). The minimum Gasteiger partial charge on any atom is -0.368 e. The number of benzene rings is 2. The van der Waals surface area contributed by atoms with Gasteiger partial charge in [-0.25, -0.2) is 0 Å². The van der Waals surface area contributed by atoms with Crippen molar-refractivity contribution in [2.45, 2.75) is 13.3 Å². The van der Waals surface area contributed by atoms with Gasteiger partial charge in [0.05, 0.1) is 0 Å². The molecular formula is C21H21ClN4O2. The van der Waals surface area contributed by atoms with E-state index in [-0.39, 0.29) is 12.3 Å². The van der Waals surface area contributed by atoms with Crippen molar-refractivity contribution < 1.29 is 9.32 Å². The normalized spacial score (nSPS) is 14.4. The molecule has 3 aromatic rings. The van der Waals surface area contributed by atoms with E-state index in [1.165, 1.54) is 0 Å². The van der Waals surface area contributed by atoms with Crippen LogP contribution in [-0.4, -0.2) is 47.1 Å². The molecule has 6 nitrogen and oxygen atoms in total. The van der Waals surface area contributed by atoms with E-state index < -0.39 is 0 Å². The molecule has 1 aliphatic rings. The molecule has 1 amide bonds. The molecule has 7 heteroatoms. The second kappa shape index (κ2) is 8.02. The number of halogens is 1. The van der Waals surface area contributed by atoms with Crippen molar-refractivity contribution in [2.24, 2.45) is 0 Å². The van der Waals surface area contributed by atoms with Crippen LogP contribution in [0.3, 0.4) is 0 Å². The van der Waals surface area contributed by atoms with Crippen LogP contribution in [-0.2, 0) is 11.2 Å². The average molecular weight is 397 g/mol. The van der Waals surface area contributed by atoms with Gasteiger partial charge in [-0.3, -0.25) is 4.79 Å². The monoisotopic (exact) mass is 396 g/mol. The largest absolute Gasteiger partial charge is 0.368 e. The molecule has 0 N–H and O–H groups in total. The topological polar surface area (TPSA) is 62.5 Å². The first-order valence-corrected chi connectivity index (χ1v) is 9.65. The van der Waals surface area contributed by atoms with Gasteiger partial charge in [0.15, 0.2) is 0 Å². The zero-order valence-corrected chi connectivity index (χ0v) is 16.4. The fourth-order valence-electron chi connectivity index (χ4n) is 3.39. The third-order valence-electron chi connectivity index (χ3n) is 4.96. The van der Waals surface area contributed by atoms with Crippen molar-refractivity contribution in [1.29, 1.82) is 0 Å². The van der Waals surface area contributed by atoms with Crippen LogP contribution >= 0.6 is 11.6 Å². The number of amides is 1. The van der Waals surface area contributed by atoms with Crippen molar-refractivity contribution in [3.63, 3.8) is 0 Å². The Hall–Kier alpha value is -2.86. The molecule has 144 valence electrons. The Labute approximate surface area is 168 Å². The first-order chi connectivity index (χ1) is 13.6. The van der Waals surface area contributed by atoms with E-state index >= 15 is 0 Å². The van der Waals surface area contributed by atoms with Gasteiger partial charge in [-0.1, -0.05) is 47.1 Å². The summed E-state index contributed by atoms with van der Waals surface area (Å²) in [6.07, 6.45) is 0.121. The number of carbonyl (C=O) groups is 1. The number of anilines is 1. The molecule has 0 bridgehead atoms. The minimum atomic E-state index is 0.00530. The molecule has 2 heterocycles. The summed E-state index contributed by atoms with van der Waals surface area (Å²) in [6.45, 7) is 4.85. The lowest BCUT2D eigenvalue weighted by Crippen LogP contribution is -2.49. The van der Waals surface area contributed by atoms with Gasteiger partial charge in [0.1, 0.15) is 6.42 Å². The van der Waals surface area contributed by atoms with Gasteiger partial charge in [0.2, 0.25) is 17.6 Å². The maximum Gasteiger partial charge on any atom is 0.236 e. The average Bonchev–Trinajstić information content (AvgIpc) is 3.16. The van der Waals surface area contributed by atoms with Gasteiger partial charge < -0.3 is 14.3 Å². The highest BCUT2D eigenvalue weighted by Crippen LogP contribution is 2.22. The lowest BCUT2D eigenvalue weighted by molar-refractivity contribution is -0.131. The quantitative estimate of drug-likeness (QED) is 0.674. The Morgan fingerprint density at radius 1 is 1.11 bits per heavy atom. The molecule has 1 aromatic heterocycles. The number of hydrogen-bond acceptors (Lipinski definition) is 5. The first-order valence-electron chi connectivity index (χ1n) is 9.27. The van der Waals surface area contributed by atoms with E-state index in [4.69, 9.17) is 16.1 Å². The summed E-state index contributed by atoms with van der Waals surface area (Å²) in [5.41, 5.74) is 3.07. The lowest BCUT2D eigenvalue weighted by Gasteiger charge is -2.36. The van der Waals surface area contributed by atoms with Crippen LogP contribution < -0.4 is 4.90 Å². The molecule has 0 aliphatic carbocycles. The molecule has 0 saturated carbocycles. The second-order valence-corrected chi connectivity index (χ2v) is 7.29. The summed E-state index contributed by atoms with van der Waals surface area (Å²) in [7, 11) is 0. The van der Waals surface area contributed by atoms with E-state index in [0.29, 0.717) is 24.8 Å². The summed E-state index contributed by atoms with van der Waals surface area (Å²) in [5, 5.41) is 4.75. The minimum absolute atomic E-state index is 0.00530. The molecular weight excluding hydrogens is 376 g/mol. The van der Waals surface area contributed by atoms with Gasteiger partial charge in [-0.05, 0) is 30.7 Å². The van der Waals surface area contributed by atoms with Crippen LogP contribution in [0, 0.1) is 6.92 Å². The van der Waals surface area contributed by atoms with E-state index in [9.17, 15) is 4.79 Å². The molecule has 1 aliphatic heterocycles. The first kappa shape index (κ1) is 18.5. The Bertz CT molecular complexity index is 980. The van der Waals surface area contributed by atoms with Crippen molar-refractivity contribution in [3.8, 4) is 11.4 Å². The molecule has 0 atom stereocenters. The number of carbonyl (C=O) groups excluding carboxylic acids is 1. The zero-order valence-electron chi connectivity index (χ0n) is 15.6. The lowest BCUT2D eigenvalue weighted by atomic mass is 10.1. The Morgan fingerprint density at radius 3 is 2.64 bits per heavy atom. The highest BCUT2D eigenvalue weighted by atomic mass is 35.5. The van der Waals surface area contributed by atoms with Crippen LogP contribution in [0.15, 0.2) is 53.1 Å². The number of hydrogen-bond donors (Lipinski definition) is 0.